The Morgan fingerprint density at radius 1 is 0.875 bits per heavy atom. The minimum atomic E-state index is 0.609. The predicted octanol–water partition coefficient (Wildman–Crippen LogP) is 3.43. The van der Waals surface area contributed by atoms with Crippen LogP contribution in [0.3, 0.4) is 0 Å². The van der Waals surface area contributed by atoms with Crippen molar-refractivity contribution < 1.29 is 0 Å². The molecule has 4 rings (SSSR count). The lowest BCUT2D eigenvalue weighted by atomic mass is 10.2. The van der Waals surface area contributed by atoms with Crippen LogP contribution in [0.5, 0.6) is 0 Å². The zero-order chi connectivity index (χ0) is 16.4. The highest BCUT2D eigenvalue weighted by Gasteiger charge is 2.14. The Balaban J connectivity index is 1.76. The number of aromatic nitrogens is 6. The molecule has 0 saturated heterocycles. The number of rotatable bonds is 3. The van der Waals surface area contributed by atoms with Gasteiger partial charge in [0.1, 0.15) is 17.0 Å². The van der Waals surface area contributed by atoms with Gasteiger partial charge in [-0.15, -0.1) is 11.3 Å². The largest absolute Gasteiger partial charge is 0.244 e. The Morgan fingerprint density at radius 2 is 1.62 bits per heavy atom. The van der Waals surface area contributed by atoms with Gasteiger partial charge < -0.3 is 0 Å². The van der Waals surface area contributed by atoms with E-state index in [0.29, 0.717) is 5.82 Å². The van der Waals surface area contributed by atoms with Crippen molar-refractivity contribution in [2.45, 2.75) is 6.92 Å². The van der Waals surface area contributed by atoms with Gasteiger partial charge in [0.05, 0.1) is 16.3 Å². The lowest BCUT2D eigenvalue weighted by Crippen LogP contribution is -1.92. The van der Waals surface area contributed by atoms with Crippen molar-refractivity contribution >= 4 is 11.3 Å². The molecule has 6 nitrogen and oxygen atoms in total. The molecule has 0 aliphatic heterocycles. The van der Waals surface area contributed by atoms with Gasteiger partial charge in [0.15, 0.2) is 5.82 Å². The van der Waals surface area contributed by atoms with E-state index < -0.39 is 0 Å². The first-order valence-corrected chi connectivity index (χ1v) is 8.10. The van der Waals surface area contributed by atoms with E-state index in [1.54, 1.807) is 42.2 Å². The number of aryl methyl sites for hydroxylation is 1. The molecule has 0 amide bonds. The maximum atomic E-state index is 4.70. The molecule has 0 aliphatic rings. The molecule has 0 atom stereocenters. The minimum Gasteiger partial charge on any atom is -0.244 e. The fraction of sp³-hybridized carbons (Fsp3) is 0.0588. The van der Waals surface area contributed by atoms with Crippen LogP contribution in [0.1, 0.15) is 5.69 Å². The average Bonchev–Trinajstić information content (AvgIpc) is 3.05. The predicted molar refractivity (Wildman–Crippen MR) is 92.1 cm³/mol. The summed E-state index contributed by atoms with van der Waals surface area (Å²) in [7, 11) is 0. The fourth-order valence-electron chi connectivity index (χ4n) is 2.28. The molecule has 0 unspecified atom stereocenters. The van der Waals surface area contributed by atoms with E-state index in [1.807, 2.05) is 25.1 Å². The normalized spacial score (nSPS) is 10.7. The van der Waals surface area contributed by atoms with Crippen LogP contribution >= 0.6 is 11.3 Å². The molecule has 4 heterocycles. The van der Waals surface area contributed by atoms with E-state index in [4.69, 9.17) is 4.98 Å². The molecular weight excluding hydrogens is 320 g/mol. The Bertz CT molecular complexity index is 969. The second-order valence-electron chi connectivity index (χ2n) is 5.04. The summed E-state index contributed by atoms with van der Waals surface area (Å²) in [5, 5.41) is 0.881. The monoisotopic (exact) mass is 332 g/mol. The third kappa shape index (κ3) is 2.77. The highest BCUT2D eigenvalue weighted by Crippen LogP contribution is 2.34. The highest BCUT2D eigenvalue weighted by atomic mass is 32.1. The molecule has 0 spiro atoms. The van der Waals surface area contributed by atoms with E-state index in [9.17, 15) is 0 Å². The van der Waals surface area contributed by atoms with Crippen LogP contribution in [0.4, 0.5) is 0 Å². The SMILES string of the molecule is Cc1nc(-c2cncnc2)sc1-c1cccc(-c2ncccn2)n1. The van der Waals surface area contributed by atoms with Crippen molar-refractivity contribution in [2.75, 3.05) is 0 Å². The van der Waals surface area contributed by atoms with Crippen LogP contribution in [-0.4, -0.2) is 29.9 Å². The van der Waals surface area contributed by atoms with Crippen LogP contribution in [0.15, 0.2) is 55.4 Å². The topological polar surface area (TPSA) is 77.3 Å². The van der Waals surface area contributed by atoms with Crippen molar-refractivity contribution in [3.05, 3.63) is 61.1 Å². The number of pyridine rings is 1. The summed E-state index contributed by atoms with van der Waals surface area (Å²) < 4.78 is 0. The van der Waals surface area contributed by atoms with Crippen LogP contribution < -0.4 is 0 Å². The maximum absolute atomic E-state index is 4.70. The van der Waals surface area contributed by atoms with Crippen molar-refractivity contribution in [3.63, 3.8) is 0 Å². The van der Waals surface area contributed by atoms with Gasteiger partial charge in [0.2, 0.25) is 0 Å². The first kappa shape index (κ1) is 14.5. The average molecular weight is 332 g/mol. The Kier molecular flexibility index (Phi) is 3.76. The third-order valence-electron chi connectivity index (χ3n) is 3.38. The highest BCUT2D eigenvalue weighted by molar-refractivity contribution is 7.18. The summed E-state index contributed by atoms with van der Waals surface area (Å²) >= 11 is 1.58. The van der Waals surface area contributed by atoms with E-state index in [2.05, 4.69) is 24.9 Å². The summed E-state index contributed by atoms with van der Waals surface area (Å²) in [5.74, 6) is 0.609. The first-order valence-electron chi connectivity index (χ1n) is 7.29. The summed E-state index contributed by atoms with van der Waals surface area (Å²) in [6.07, 6.45) is 8.45. The summed E-state index contributed by atoms with van der Waals surface area (Å²) in [4.78, 5) is 27.0. The Morgan fingerprint density at radius 3 is 2.42 bits per heavy atom. The molecule has 0 aromatic carbocycles. The quantitative estimate of drug-likeness (QED) is 0.572. The van der Waals surface area contributed by atoms with Crippen molar-refractivity contribution in [1.29, 1.82) is 0 Å². The van der Waals surface area contributed by atoms with Gasteiger partial charge in [-0.1, -0.05) is 6.07 Å². The number of hydrogen-bond donors (Lipinski definition) is 0. The van der Waals surface area contributed by atoms with Crippen LogP contribution in [-0.2, 0) is 0 Å². The van der Waals surface area contributed by atoms with Crippen molar-refractivity contribution in [3.8, 4) is 32.7 Å². The van der Waals surface area contributed by atoms with E-state index >= 15 is 0 Å². The molecule has 116 valence electrons. The smallest absolute Gasteiger partial charge is 0.178 e. The fourth-order valence-corrected chi connectivity index (χ4v) is 3.29. The van der Waals surface area contributed by atoms with Gasteiger partial charge in [0.25, 0.3) is 0 Å². The minimum absolute atomic E-state index is 0.609. The van der Waals surface area contributed by atoms with E-state index in [0.717, 1.165) is 32.5 Å². The van der Waals surface area contributed by atoms with Crippen molar-refractivity contribution in [1.82, 2.24) is 29.9 Å². The molecular formula is C17H12N6S. The molecule has 4 aromatic rings. The van der Waals surface area contributed by atoms with Crippen LogP contribution in [0, 0.1) is 6.92 Å². The lowest BCUT2D eigenvalue weighted by Gasteiger charge is -2.02. The second-order valence-corrected chi connectivity index (χ2v) is 6.04. The lowest BCUT2D eigenvalue weighted by molar-refractivity contribution is 1.14. The molecule has 7 heteroatoms. The van der Waals surface area contributed by atoms with Crippen LogP contribution in [0.2, 0.25) is 0 Å². The van der Waals surface area contributed by atoms with Gasteiger partial charge in [-0.3, -0.25) is 0 Å². The number of hydrogen-bond acceptors (Lipinski definition) is 7. The second kappa shape index (κ2) is 6.21. The standard InChI is InChI=1S/C17H12N6S/c1-11-15(24-17(22-11)12-8-18-10-19-9-12)13-4-2-5-14(23-13)16-20-6-3-7-21-16/h2-10H,1H3. The molecule has 0 saturated carbocycles. The van der Waals surface area contributed by atoms with Crippen LogP contribution in [0.25, 0.3) is 32.7 Å². The molecule has 24 heavy (non-hydrogen) atoms. The summed E-state index contributed by atoms with van der Waals surface area (Å²) in [5.41, 5.74) is 3.43. The molecule has 0 aliphatic carbocycles. The first-order chi connectivity index (χ1) is 11.8. The molecule has 0 bridgehead atoms. The van der Waals surface area contributed by atoms with Crippen molar-refractivity contribution in [2.24, 2.45) is 0 Å². The van der Waals surface area contributed by atoms with Gasteiger partial charge >= 0.3 is 0 Å². The van der Waals surface area contributed by atoms with Gasteiger partial charge in [-0.05, 0) is 25.1 Å². The molecule has 0 N–H and O–H groups in total. The van der Waals surface area contributed by atoms with E-state index in [-0.39, 0.29) is 0 Å². The van der Waals surface area contributed by atoms with Gasteiger partial charge in [-0.2, -0.15) is 0 Å². The third-order valence-corrected chi connectivity index (χ3v) is 4.61. The number of thiazole rings is 1. The zero-order valence-electron chi connectivity index (χ0n) is 12.8. The van der Waals surface area contributed by atoms with Gasteiger partial charge in [-0.25, -0.2) is 29.9 Å². The summed E-state index contributed by atoms with van der Waals surface area (Å²) in [6.45, 7) is 1.98. The number of nitrogens with zero attached hydrogens (tertiary/aromatic N) is 6. The van der Waals surface area contributed by atoms with E-state index in [1.165, 1.54) is 6.33 Å². The maximum Gasteiger partial charge on any atom is 0.178 e. The zero-order valence-corrected chi connectivity index (χ0v) is 13.6. The molecule has 4 aromatic heterocycles. The summed E-state index contributed by atoms with van der Waals surface area (Å²) in [6, 6.07) is 7.62. The molecule has 0 fully saturated rings. The molecule has 0 radical (unpaired) electrons. The van der Waals surface area contributed by atoms with Gasteiger partial charge in [0, 0.05) is 30.4 Å². The Hall–Kier alpha value is -3.06. The Labute approximate surface area is 142 Å².